The molecule has 5 nitrogen and oxygen atoms in total. The van der Waals surface area contributed by atoms with Crippen LogP contribution in [-0.2, 0) is 9.59 Å². The molecule has 0 unspecified atom stereocenters. The second kappa shape index (κ2) is 6.84. The van der Waals surface area contributed by atoms with Crippen molar-refractivity contribution >= 4 is 34.7 Å². The molecule has 0 atom stereocenters. The van der Waals surface area contributed by atoms with Crippen LogP contribution in [0.3, 0.4) is 0 Å². The Balaban J connectivity index is 2.08. The Bertz CT molecular complexity index is 950. The van der Waals surface area contributed by atoms with Crippen LogP contribution < -0.4 is 10.1 Å². The number of hydrogen-bond acceptors (Lipinski definition) is 4. The highest BCUT2D eigenvalue weighted by Gasteiger charge is 2.36. The first-order valence-electron chi connectivity index (χ1n) is 8.08. The molecule has 2 amide bonds. The number of amides is 2. The minimum Gasteiger partial charge on any atom is -0.495 e. The van der Waals surface area contributed by atoms with Gasteiger partial charge in [0.25, 0.3) is 11.8 Å². The second-order valence-corrected chi connectivity index (χ2v) is 6.60. The molecule has 1 heterocycles. The van der Waals surface area contributed by atoms with Gasteiger partial charge in [0, 0.05) is 12.7 Å². The fraction of sp³-hybridized carbons (Fsp3) is 0.200. The van der Waals surface area contributed by atoms with Crippen molar-refractivity contribution < 1.29 is 14.3 Å². The second-order valence-electron chi connectivity index (χ2n) is 6.19. The van der Waals surface area contributed by atoms with Gasteiger partial charge in [-0.15, -0.1) is 0 Å². The zero-order chi connectivity index (χ0) is 19.0. The Morgan fingerprint density at radius 3 is 2.35 bits per heavy atom. The zero-order valence-corrected chi connectivity index (χ0v) is 15.8. The molecule has 3 rings (SSSR count). The summed E-state index contributed by atoms with van der Waals surface area (Å²) in [5, 5.41) is 3.47. The number of methoxy groups -OCH3 is 1. The average molecular weight is 371 g/mol. The molecule has 134 valence electrons. The van der Waals surface area contributed by atoms with Gasteiger partial charge < -0.3 is 10.1 Å². The van der Waals surface area contributed by atoms with E-state index in [0.29, 0.717) is 27.6 Å². The summed E-state index contributed by atoms with van der Waals surface area (Å²) in [5.41, 5.74) is 4.07. The summed E-state index contributed by atoms with van der Waals surface area (Å²) in [7, 11) is 3.00. The van der Waals surface area contributed by atoms with Crippen LogP contribution in [0, 0.1) is 13.8 Å². The van der Waals surface area contributed by atoms with Crippen LogP contribution in [0.15, 0.2) is 42.1 Å². The highest BCUT2D eigenvalue weighted by atomic mass is 35.5. The Hall–Kier alpha value is -2.79. The topological polar surface area (TPSA) is 58.6 Å². The summed E-state index contributed by atoms with van der Waals surface area (Å²) in [4.78, 5) is 26.3. The van der Waals surface area contributed by atoms with Crippen molar-refractivity contribution in [2.24, 2.45) is 0 Å². The summed E-state index contributed by atoms with van der Waals surface area (Å²) >= 11 is 6.16. The number of aryl methyl sites for hydroxylation is 2. The number of imide groups is 1. The lowest BCUT2D eigenvalue weighted by atomic mass is 9.99. The van der Waals surface area contributed by atoms with E-state index in [1.807, 2.05) is 32.0 Å². The molecule has 0 aromatic heterocycles. The predicted molar refractivity (Wildman–Crippen MR) is 102 cm³/mol. The van der Waals surface area contributed by atoms with E-state index >= 15 is 0 Å². The molecule has 0 spiro atoms. The van der Waals surface area contributed by atoms with Gasteiger partial charge in [0.05, 0.1) is 17.7 Å². The lowest BCUT2D eigenvalue weighted by Crippen LogP contribution is -2.27. The molecule has 1 N–H and O–H groups in total. The van der Waals surface area contributed by atoms with E-state index in [-0.39, 0.29) is 17.5 Å². The van der Waals surface area contributed by atoms with Crippen molar-refractivity contribution in [2.75, 3.05) is 19.5 Å². The number of ether oxygens (including phenoxy) is 1. The number of anilines is 1. The molecule has 0 fully saturated rings. The smallest absolute Gasteiger partial charge is 0.277 e. The third-order valence-corrected chi connectivity index (χ3v) is 4.80. The van der Waals surface area contributed by atoms with Gasteiger partial charge in [0.15, 0.2) is 0 Å². The Morgan fingerprint density at radius 2 is 1.73 bits per heavy atom. The van der Waals surface area contributed by atoms with Crippen molar-refractivity contribution in [3.05, 3.63) is 63.8 Å². The van der Waals surface area contributed by atoms with Crippen LogP contribution in [0.1, 0.15) is 16.7 Å². The molecule has 2 aromatic carbocycles. The van der Waals surface area contributed by atoms with Crippen molar-refractivity contribution in [3.8, 4) is 5.75 Å². The Kier molecular flexibility index (Phi) is 4.74. The molecular formula is C20H19ClN2O3. The molecule has 1 aliphatic heterocycles. The maximum atomic E-state index is 12.6. The number of rotatable bonds is 4. The molecule has 26 heavy (non-hydrogen) atoms. The van der Waals surface area contributed by atoms with Gasteiger partial charge in [-0.2, -0.15) is 0 Å². The number of carbonyl (C=O) groups excluding carboxylic acids is 2. The third-order valence-electron chi connectivity index (χ3n) is 4.50. The van der Waals surface area contributed by atoms with Crippen molar-refractivity contribution in [1.82, 2.24) is 4.90 Å². The van der Waals surface area contributed by atoms with Crippen molar-refractivity contribution in [1.29, 1.82) is 0 Å². The molecule has 0 saturated heterocycles. The molecule has 0 saturated carbocycles. The van der Waals surface area contributed by atoms with E-state index in [1.54, 1.807) is 18.2 Å². The van der Waals surface area contributed by atoms with E-state index in [1.165, 1.54) is 14.2 Å². The highest BCUT2D eigenvalue weighted by Crippen LogP contribution is 2.33. The van der Waals surface area contributed by atoms with Gasteiger partial charge in [0.1, 0.15) is 11.4 Å². The average Bonchev–Trinajstić information content (AvgIpc) is 2.82. The molecule has 1 aliphatic rings. The van der Waals surface area contributed by atoms with Gasteiger partial charge in [-0.05, 0) is 48.7 Å². The van der Waals surface area contributed by atoms with E-state index in [0.717, 1.165) is 16.0 Å². The fourth-order valence-corrected chi connectivity index (χ4v) is 3.07. The Morgan fingerprint density at radius 1 is 1.00 bits per heavy atom. The minimum atomic E-state index is -0.379. The van der Waals surface area contributed by atoms with Gasteiger partial charge in [-0.25, -0.2) is 0 Å². The van der Waals surface area contributed by atoms with Crippen LogP contribution in [0.4, 0.5) is 5.69 Å². The van der Waals surface area contributed by atoms with Crippen molar-refractivity contribution in [3.63, 3.8) is 0 Å². The minimum absolute atomic E-state index is 0.238. The number of hydrogen-bond donors (Lipinski definition) is 1. The maximum Gasteiger partial charge on any atom is 0.277 e. The number of carbonyl (C=O) groups is 2. The van der Waals surface area contributed by atoms with Crippen LogP contribution in [-0.4, -0.2) is 30.9 Å². The lowest BCUT2D eigenvalue weighted by Gasteiger charge is -2.11. The van der Waals surface area contributed by atoms with E-state index in [9.17, 15) is 9.59 Å². The number of likely N-dealkylation sites (N-methyl/N-ethyl adjacent to an activating group) is 1. The summed E-state index contributed by atoms with van der Waals surface area (Å²) < 4.78 is 5.14. The number of benzene rings is 2. The molecule has 0 radical (unpaired) electrons. The molecule has 2 aromatic rings. The largest absolute Gasteiger partial charge is 0.495 e. The normalized spacial score (nSPS) is 14.3. The number of nitrogens with zero attached hydrogens (tertiary/aromatic N) is 1. The Labute approximate surface area is 157 Å². The molecule has 6 heteroatoms. The molecule has 0 aliphatic carbocycles. The summed E-state index contributed by atoms with van der Waals surface area (Å²) in [6, 6.07) is 10.8. The van der Waals surface area contributed by atoms with Crippen LogP contribution in [0.5, 0.6) is 5.75 Å². The molecule has 0 bridgehead atoms. The number of nitrogens with one attached hydrogen (secondary N) is 1. The van der Waals surface area contributed by atoms with E-state index in [2.05, 4.69) is 5.32 Å². The fourth-order valence-electron chi connectivity index (χ4n) is 2.81. The van der Waals surface area contributed by atoms with Crippen molar-refractivity contribution in [2.45, 2.75) is 13.8 Å². The van der Waals surface area contributed by atoms with Gasteiger partial charge in [-0.1, -0.05) is 29.8 Å². The zero-order valence-electron chi connectivity index (χ0n) is 15.0. The van der Waals surface area contributed by atoms with Crippen LogP contribution >= 0.6 is 11.6 Å². The monoisotopic (exact) mass is 370 g/mol. The summed E-state index contributed by atoms with van der Waals surface area (Å²) in [6.07, 6.45) is 0. The van der Waals surface area contributed by atoms with E-state index in [4.69, 9.17) is 16.3 Å². The van der Waals surface area contributed by atoms with E-state index < -0.39 is 0 Å². The summed E-state index contributed by atoms with van der Waals surface area (Å²) in [5.74, 6) is -0.179. The summed E-state index contributed by atoms with van der Waals surface area (Å²) in [6.45, 7) is 3.97. The first-order chi connectivity index (χ1) is 12.3. The third kappa shape index (κ3) is 3.06. The molecular weight excluding hydrogens is 352 g/mol. The lowest BCUT2D eigenvalue weighted by molar-refractivity contribution is -0.135. The van der Waals surface area contributed by atoms with Crippen LogP contribution in [0.2, 0.25) is 5.02 Å². The standard InChI is InChI=1S/C20H19ClN2O3/c1-11-5-6-13(9-12(11)2)17-18(20(25)23(3)19(17)24)22-14-7-8-16(26-4)15(21)10-14/h5-10,22H,1-4H3. The van der Waals surface area contributed by atoms with Crippen LogP contribution in [0.25, 0.3) is 5.57 Å². The number of halogens is 1. The first kappa shape index (κ1) is 18.0. The van der Waals surface area contributed by atoms with Gasteiger partial charge in [-0.3, -0.25) is 14.5 Å². The van der Waals surface area contributed by atoms with Gasteiger partial charge >= 0.3 is 0 Å². The maximum absolute atomic E-state index is 12.6. The SMILES string of the molecule is COc1ccc(NC2=C(c3ccc(C)c(C)c3)C(=O)N(C)C2=O)cc1Cl. The van der Waals surface area contributed by atoms with Gasteiger partial charge in [0.2, 0.25) is 0 Å². The first-order valence-corrected chi connectivity index (χ1v) is 8.46. The quantitative estimate of drug-likeness (QED) is 0.832. The highest BCUT2D eigenvalue weighted by molar-refractivity contribution is 6.36. The predicted octanol–water partition coefficient (Wildman–Crippen LogP) is 3.79.